The first-order valence-electron chi connectivity index (χ1n) is 7.01. The molecule has 1 N–H and O–H groups in total. The lowest BCUT2D eigenvalue weighted by Gasteiger charge is -2.19. The number of furan rings is 1. The van der Waals surface area contributed by atoms with Crippen LogP contribution in [0, 0.1) is 20.8 Å². The summed E-state index contributed by atoms with van der Waals surface area (Å²) in [5.74, 6) is 2.85. The van der Waals surface area contributed by atoms with Gasteiger partial charge in [-0.2, -0.15) is 0 Å². The summed E-state index contributed by atoms with van der Waals surface area (Å²) in [6.45, 7) is 9.11. The Bertz CT molecular complexity index is 563. The van der Waals surface area contributed by atoms with Gasteiger partial charge < -0.3 is 14.5 Å². The highest BCUT2D eigenvalue weighted by atomic mass is 16.5. The van der Waals surface area contributed by atoms with Crippen LogP contribution in [0.1, 0.15) is 41.2 Å². The van der Waals surface area contributed by atoms with E-state index >= 15 is 0 Å². The molecule has 3 nitrogen and oxygen atoms in total. The van der Waals surface area contributed by atoms with Crippen LogP contribution in [0.2, 0.25) is 0 Å². The minimum Gasteiger partial charge on any atom is -0.496 e. The molecule has 1 aromatic heterocycles. The quantitative estimate of drug-likeness (QED) is 0.896. The molecule has 0 aliphatic carbocycles. The Morgan fingerprint density at radius 1 is 1.15 bits per heavy atom. The summed E-state index contributed by atoms with van der Waals surface area (Å²) in [4.78, 5) is 0. The van der Waals surface area contributed by atoms with Crippen LogP contribution in [0.5, 0.6) is 5.75 Å². The van der Waals surface area contributed by atoms with Crippen LogP contribution in [-0.4, -0.2) is 13.7 Å². The molecule has 1 aromatic carbocycles. The normalized spacial score (nSPS) is 12.4. The molecule has 0 amide bonds. The van der Waals surface area contributed by atoms with E-state index in [1.54, 1.807) is 7.11 Å². The number of benzene rings is 1. The van der Waals surface area contributed by atoms with E-state index in [-0.39, 0.29) is 6.04 Å². The third-order valence-corrected chi connectivity index (χ3v) is 3.47. The van der Waals surface area contributed by atoms with Crippen LogP contribution in [-0.2, 0) is 0 Å². The maximum absolute atomic E-state index is 5.80. The van der Waals surface area contributed by atoms with Gasteiger partial charge in [0.1, 0.15) is 17.3 Å². The smallest absolute Gasteiger partial charge is 0.125 e. The molecule has 0 aliphatic rings. The zero-order valence-corrected chi connectivity index (χ0v) is 12.9. The first-order valence-corrected chi connectivity index (χ1v) is 7.01. The monoisotopic (exact) mass is 273 g/mol. The van der Waals surface area contributed by atoms with E-state index in [0.717, 1.165) is 34.9 Å². The molecule has 108 valence electrons. The molecule has 1 unspecified atom stereocenters. The van der Waals surface area contributed by atoms with Crippen molar-refractivity contribution in [1.29, 1.82) is 0 Å². The fraction of sp³-hybridized carbons (Fsp3) is 0.412. The Labute approximate surface area is 121 Å². The highest BCUT2D eigenvalue weighted by molar-refractivity contribution is 5.45. The first-order chi connectivity index (χ1) is 9.56. The third kappa shape index (κ3) is 2.88. The lowest BCUT2D eigenvalue weighted by atomic mass is 9.98. The van der Waals surface area contributed by atoms with Crippen LogP contribution >= 0.6 is 0 Å². The van der Waals surface area contributed by atoms with Crippen molar-refractivity contribution in [2.45, 2.75) is 33.7 Å². The van der Waals surface area contributed by atoms with Crippen molar-refractivity contribution in [3.05, 3.63) is 52.5 Å². The van der Waals surface area contributed by atoms with E-state index in [1.165, 1.54) is 5.56 Å². The zero-order chi connectivity index (χ0) is 14.7. The molecule has 0 aliphatic heterocycles. The van der Waals surface area contributed by atoms with Crippen molar-refractivity contribution in [2.75, 3.05) is 13.7 Å². The predicted molar refractivity (Wildman–Crippen MR) is 81.4 cm³/mol. The number of hydrogen-bond acceptors (Lipinski definition) is 3. The van der Waals surface area contributed by atoms with Gasteiger partial charge in [-0.25, -0.2) is 0 Å². The summed E-state index contributed by atoms with van der Waals surface area (Å²) in [6.07, 6.45) is 0. The molecule has 0 bridgehead atoms. The summed E-state index contributed by atoms with van der Waals surface area (Å²) in [5, 5.41) is 3.49. The van der Waals surface area contributed by atoms with Gasteiger partial charge in [0, 0.05) is 0 Å². The maximum atomic E-state index is 5.80. The van der Waals surface area contributed by atoms with Crippen molar-refractivity contribution >= 4 is 0 Å². The van der Waals surface area contributed by atoms with Crippen LogP contribution in [0.3, 0.4) is 0 Å². The molecule has 0 radical (unpaired) electrons. The number of rotatable bonds is 5. The van der Waals surface area contributed by atoms with Gasteiger partial charge >= 0.3 is 0 Å². The molecule has 0 fully saturated rings. The molecule has 2 aromatic rings. The molecule has 0 saturated carbocycles. The van der Waals surface area contributed by atoms with Crippen molar-refractivity contribution in [3.63, 3.8) is 0 Å². The average molecular weight is 273 g/mol. The number of nitrogens with one attached hydrogen (secondary N) is 1. The number of ether oxygens (including phenoxy) is 1. The Hall–Kier alpha value is -1.74. The highest BCUT2D eigenvalue weighted by Crippen LogP contribution is 2.30. The fourth-order valence-corrected chi connectivity index (χ4v) is 2.67. The molecule has 3 heteroatoms. The Morgan fingerprint density at radius 3 is 2.25 bits per heavy atom. The predicted octanol–water partition coefficient (Wildman–Crippen LogP) is 3.91. The average Bonchev–Trinajstić information content (AvgIpc) is 2.82. The largest absolute Gasteiger partial charge is 0.496 e. The summed E-state index contributed by atoms with van der Waals surface area (Å²) in [7, 11) is 1.71. The van der Waals surface area contributed by atoms with Crippen LogP contribution < -0.4 is 10.1 Å². The molecular weight excluding hydrogens is 250 g/mol. The van der Waals surface area contributed by atoms with E-state index in [2.05, 4.69) is 38.2 Å². The lowest BCUT2D eigenvalue weighted by Crippen LogP contribution is -2.21. The first kappa shape index (κ1) is 14.7. The van der Waals surface area contributed by atoms with Crippen LogP contribution in [0.25, 0.3) is 0 Å². The van der Waals surface area contributed by atoms with Crippen molar-refractivity contribution < 1.29 is 9.15 Å². The Kier molecular flexibility index (Phi) is 4.50. The van der Waals surface area contributed by atoms with E-state index in [4.69, 9.17) is 9.15 Å². The Balaban J connectivity index is 2.44. The molecule has 0 spiro atoms. The van der Waals surface area contributed by atoms with E-state index in [1.807, 2.05) is 19.1 Å². The van der Waals surface area contributed by atoms with Crippen molar-refractivity contribution in [3.8, 4) is 5.75 Å². The van der Waals surface area contributed by atoms with Gasteiger partial charge in [0.15, 0.2) is 0 Å². The Morgan fingerprint density at radius 2 is 1.80 bits per heavy atom. The van der Waals surface area contributed by atoms with Crippen LogP contribution in [0.4, 0.5) is 0 Å². The molecule has 20 heavy (non-hydrogen) atoms. The zero-order valence-electron chi connectivity index (χ0n) is 12.9. The summed E-state index contributed by atoms with van der Waals surface area (Å²) >= 11 is 0. The van der Waals surface area contributed by atoms with E-state index < -0.39 is 0 Å². The number of aryl methyl sites for hydroxylation is 3. The number of hydrogen-bond donors (Lipinski definition) is 1. The van der Waals surface area contributed by atoms with E-state index in [0.29, 0.717) is 0 Å². The second-order valence-corrected chi connectivity index (χ2v) is 5.13. The van der Waals surface area contributed by atoms with Gasteiger partial charge in [0.05, 0.1) is 13.2 Å². The molecule has 0 saturated heterocycles. The van der Waals surface area contributed by atoms with Gasteiger partial charge in [-0.1, -0.05) is 19.1 Å². The SMILES string of the molecule is CCNC(c1cc(C)c(OC)c(C)c1)c1ccc(C)o1. The number of methoxy groups -OCH3 is 1. The van der Waals surface area contributed by atoms with Crippen LogP contribution in [0.15, 0.2) is 28.7 Å². The highest BCUT2D eigenvalue weighted by Gasteiger charge is 2.18. The third-order valence-electron chi connectivity index (χ3n) is 3.47. The second-order valence-electron chi connectivity index (χ2n) is 5.13. The van der Waals surface area contributed by atoms with Crippen molar-refractivity contribution in [1.82, 2.24) is 5.32 Å². The van der Waals surface area contributed by atoms with Gasteiger partial charge in [-0.3, -0.25) is 0 Å². The molecule has 2 rings (SSSR count). The van der Waals surface area contributed by atoms with Gasteiger partial charge in [0.25, 0.3) is 0 Å². The molecule has 1 atom stereocenters. The van der Waals surface area contributed by atoms with E-state index in [9.17, 15) is 0 Å². The van der Waals surface area contributed by atoms with Gasteiger partial charge in [0.2, 0.25) is 0 Å². The second kappa shape index (κ2) is 6.14. The lowest BCUT2D eigenvalue weighted by molar-refractivity contribution is 0.407. The van der Waals surface area contributed by atoms with Crippen molar-refractivity contribution in [2.24, 2.45) is 0 Å². The summed E-state index contributed by atoms with van der Waals surface area (Å²) in [5.41, 5.74) is 3.50. The van der Waals surface area contributed by atoms with Gasteiger partial charge in [-0.15, -0.1) is 0 Å². The minimum absolute atomic E-state index is 0.0806. The maximum Gasteiger partial charge on any atom is 0.125 e. The molecule has 1 heterocycles. The summed E-state index contributed by atoms with van der Waals surface area (Å²) in [6, 6.07) is 8.45. The topological polar surface area (TPSA) is 34.4 Å². The minimum atomic E-state index is 0.0806. The fourth-order valence-electron chi connectivity index (χ4n) is 2.67. The standard InChI is InChI=1S/C17H23NO2/c1-6-18-16(15-8-7-13(4)20-15)14-9-11(2)17(19-5)12(3)10-14/h7-10,16,18H,6H2,1-5H3. The van der Waals surface area contributed by atoms with Gasteiger partial charge in [-0.05, 0) is 56.1 Å². The molecular formula is C17H23NO2. The summed E-state index contributed by atoms with van der Waals surface area (Å²) < 4.78 is 11.2.